The molecule has 1 aliphatic heterocycles. The molecule has 0 aromatic carbocycles. The molecule has 0 spiro atoms. The number of nitrogens with two attached hydrogens (primary N) is 2. The first-order valence-corrected chi connectivity index (χ1v) is 7.77. The van der Waals surface area contributed by atoms with E-state index in [0.29, 0.717) is 5.39 Å². The number of pyridine rings is 2. The van der Waals surface area contributed by atoms with Gasteiger partial charge in [0.05, 0.1) is 25.6 Å². The topological polar surface area (TPSA) is 134 Å². The number of nitrogens with zero attached hydrogens (tertiary/aromatic N) is 3. The van der Waals surface area contributed by atoms with Crippen LogP contribution in [0.1, 0.15) is 17.3 Å². The van der Waals surface area contributed by atoms with Gasteiger partial charge in [-0.3, -0.25) is 19.0 Å². The van der Waals surface area contributed by atoms with Gasteiger partial charge in [-0.15, -0.1) is 0 Å². The molecule has 9 nitrogen and oxygen atoms in total. The fourth-order valence-electron chi connectivity index (χ4n) is 2.98. The van der Waals surface area contributed by atoms with Crippen LogP contribution in [0.4, 0.5) is 10.2 Å². The molecule has 0 unspecified atom stereocenters. The van der Waals surface area contributed by atoms with E-state index in [1.807, 2.05) is 0 Å². The number of carbonyl (C=O) groups is 2. The standard InChI is InChI=1S/C16H18FN5O4/c1-16(17)6-21(7-16)12(23)5-22-14-8(3-9(13(19)24)15(22)25)10(26-2)4-11(18)20-14/h3-4H,5-7H2,1-2H3,(H2,18,20)(H2,19,24). The Morgan fingerprint density at radius 3 is 2.58 bits per heavy atom. The van der Waals surface area contributed by atoms with Crippen molar-refractivity contribution in [1.29, 1.82) is 0 Å². The van der Waals surface area contributed by atoms with E-state index in [1.54, 1.807) is 0 Å². The molecule has 4 N–H and O–H groups in total. The van der Waals surface area contributed by atoms with Gasteiger partial charge >= 0.3 is 0 Å². The van der Waals surface area contributed by atoms with Crippen molar-refractivity contribution in [2.75, 3.05) is 25.9 Å². The smallest absolute Gasteiger partial charge is 0.265 e. The molecule has 0 radical (unpaired) electrons. The van der Waals surface area contributed by atoms with E-state index in [1.165, 1.54) is 31.1 Å². The monoisotopic (exact) mass is 363 g/mol. The Labute approximate surface area is 147 Å². The number of primary amides is 1. The van der Waals surface area contributed by atoms with E-state index in [0.717, 1.165) is 4.57 Å². The molecule has 3 rings (SSSR count). The minimum atomic E-state index is -1.44. The zero-order valence-electron chi connectivity index (χ0n) is 14.3. The summed E-state index contributed by atoms with van der Waals surface area (Å²) in [4.78, 5) is 42.0. The van der Waals surface area contributed by atoms with E-state index in [4.69, 9.17) is 16.2 Å². The fourth-order valence-corrected chi connectivity index (χ4v) is 2.98. The zero-order valence-corrected chi connectivity index (χ0v) is 14.3. The average molecular weight is 363 g/mol. The number of carbonyl (C=O) groups excluding carboxylic acids is 2. The van der Waals surface area contributed by atoms with Crippen LogP contribution >= 0.6 is 0 Å². The number of halogens is 1. The van der Waals surface area contributed by atoms with Crippen molar-refractivity contribution in [3.8, 4) is 5.75 Å². The van der Waals surface area contributed by atoms with Crippen molar-refractivity contribution >= 4 is 28.7 Å². The molecule has 0 atom stereocenters. The van der Waals surface area contributed by atoms with Gasteiger partial charge in [0.25, 0.3) is 11.5 Å². The summed E-state index contributed by atoms with van der Waals surface area (Å²) in [7, 11) is 1.39. The second kappa shape index (κ2) is 5.97. The van der Waals surface area contributed by atoms with Crippen molar-refractivity contribution in [3.05, 3.63) is 28.0 Å². The third kappa shape index (κ3) is 2.93. The molecule has 2 amide bonds. The molecule has 1 fully saturated rings. The summed E-state index contributed by atoms with van der Waals surface area (Å²) in [6, 6.07) is 2.68. The molecule has 0 aliphatic carbocycles. The number of fused-ring (bicyclic) bond motifs is 1. The second-order valence-electron chi connectivity index (χ2n) is 6.46. The van der Waals surface area contributed by atoms with Gasteiger partial charge in [-0.05, 0) is 13.0 Å². The van der Waals surface area contributed by atoms with Crippen LogP contribution in [0.15, 0.2) is 16.9 Å². The van der Waals surface area contributed by atoms with E-state index in [2.05, 4.69) is 4.98 Å². The van der Waals surface area contributed by atoms with Gasteiger partial charge in [0.15, 0.2) is 0 Å². The number of anilines is 1. The Hall–Kier alpha value is -3.17. The molecular weight excluding hydrogens is 345 g/mol. The largest absolute Gasteiger partial charge is 0.496 e. The van der Waals surface area contributed by atoms with Gasteiger partial charge in [0.2, 0.25) is 5.91 Å². The lowest BCUT2D eigenvalue weighted by Crippen LogP contribution is -2.60. The van der Waals surface area contributed by atoms with Gasteiger partial charge in [0.1, 0.15) is 35.0 Å². The van der Waals surface area contributed by atoms with Crippen LogP contribution in [0.2, 0.25) is 0 Å². The molecule has 1 aliphatic rings. The van der Waals surface area contributed by atoms with Crippen LogP contribution in [0.3, 0.4) is 0 Å². The van der Waals surface area contributed by atoms with Gasteiger partial charge in [0, 0.05) is 6.07 Å². The Kier molecular flexibility index (Phi) is 4.05. The number of rotatable bonds is 4. The number of nitrogen functional groups attached to an aromatic ring is 1. The van der Waals surface area contributed by atoms with Crippen molar-refractivity contribution in [2.45, 2.75) is 19.1 Å². The quantitative estimate of drug-likeness (QED) is 0.763. The lowest BCUT2D eigenvalue weighted by molar-refractivity contribution is -0.144. The zero-order chi connectivity index (χ0) is 19.2. The number of likely N-dealkylation sites (tertiary alicyclic amines) is 1. The highest BCUT2D eigenvalue weighted by molar-refractivity contribution is 5.97. The summed E-state index contributed by atoms with van der Waals surface area (Å²) < 4.78 is 19.9. The minimum Gasteiger partial charge on any atom is -0.496 e. The fraction of sp³-hybridized carbons (Fsp3) is 0.375. The van der Waals surface area contributed by atoms with Gasteiger partial charge in [-0.2, -0.15) is 0 Å². The summed E-state index contributed by atoms with van der Waals surface area (Å²) in [6.07, 6.45) is 0. The summed E-state index contributed by atoms with van der Waals surface area (Å²) >= 11 is 0. The van der Waals surface area contributed by atoms with Crippen LogP contribution in [0.5, 0.6) is 5.75 Å². The molecule has 26 heavy (non-hydrogen) atoms. The van der Waals surface area contributed by atoms with Crippen molar-refractivity contribution in [3.63, 3.8) is 0 Å². The number of ether oxygens (including phenoxy) is 1. The number of hydrogen-bond donors (Lipinski definition) is 2. The highest BCUT2D eigenvalue weighted by atomic mass is 19.1. The molecule has 10 heteroatoms. The van der Waals surface area contributed by atoms with E-state index in [9.17, 15) is 18.8 Å². The van der Waals surface area contributed by atoms with Crippen molar-refractivity contribution in [2.24, 2.45) is 5.73 Å². The predicted octanol–water partition coefficient (Wildman–Crippen LogP) is -0.343. The molecule has 3 heterocycles. The van der Waals surface area contributed by atoms with Crippen LogP contribution < -0.4 is 21.8 Å². The molecule has 138 valence electrons. The average Bonchev–Trinajstić information content (AvgIpc) is 2.53. The molecule has 2 aromatic rings. The molecule has 2 aromatic heterocycles. The summed E-state index contributed by atoms with van der Waals surface area (Å²) in [5.41, 5.74) is 8.56. The van der Waals surface area contributed by atoms with Gasteiger partial charge < -0.3 is 21.1 Å². The second-order valence-corrected chi connectivity index (χ2v) is 6.46. The first kappa shape index (κ1) is 17.6. The third-order valence-corrected chi connectivity index (χ3v) is 4.21. The number of aromatic nitrogens is 2. The van der Waals surface area contributed by atoms with Gasteiger partial charge in [-0.1, -0.05) is 0 Å². The maximum Gasteiger partial charge on any atom is 0.265 e. The highest BCUT2D eigenvalue weighted by Gasteiger charge is 2.41. The summed E-state index contributed by atoms with van der Waals surface area (Å²) in [5.74, 6) is -1.08. The van der Waals surface area contributed by atoms with Crippen LogP contribution in [0.25, 0.3) is 11.0 Å². The number of amides is 2. The van der Waals surface area contributed by atoms with E-state index < -0.39 is 29.6 Å². The first-order valence-electron chi connectivity index (χ1n) is 7.77. The number of hydrogen-bond acceptors (Lipinski definition) is 6. The molecular formula is C16H18FN5O4. The Morgan fingerprint density at radius 2 is 2.04 bits per heavy atom. The predicted molar refractivity (Wildman–Crippen MR) is 91.6 cm³/mol. The van der Waals surface area contributed by atoms with Crippen molar-refractivity contribution in [1.82, 2.24) is 14.5 Å². The summed E-state index contributed by atoms with van der Waals surface area (Å²) in [5, 5.41) is 0.307. The Morgan fingerprint density at radius 1 is 1.38 bits per heavy atom. The van der Waals surface area contributed by atoms with Gasteiger partial charge in [-0.25, -0.2) is 9.37 Å². The Bertz CT molecular complexity index is 977. The maximum absolute atomic E-state index is 13.6. The highest BCUT2D eigenvalue weighted by Crippen LogP contribution is 2.27. The minimum absolute atomic E-state index is 0.0626. The van der Waals surface area contributed by atoms with Crippen LogP contribution in [0, 0.1) is 0 Å². The van der Waals surface area contributed by atoms with Crippen molar-refractivity contribution < 1.29 is 18.7 Å². The lowest BCUT2D eigenvalue weighted by atomic mass is 9.99. The maximum atomic E-state index is 13.6. The van der Waals surface area contributed by atoms with E-state index in [-0.39, 0.29) is 35.9 Å². The number of methoxy groups -OCH3 is 1. The normalized spacial score (nSPS) is 15.6. The Balaban J connectivity index is 2.14. The molecule has 0 saturated carbocycles. The SMILES string of the molecule is COc1cc(N)nc2c1cc(C(N)=O)c(=O)n2CC(=O)N1CC(C)(F)C1. The number of alkyl halides is 1. The lowest BCUT2D eigenvalue weighted by Gasteiger charge is -2.42. The van der Waals surface area contributed by atoms with E-state index >= 15 is 0 Å². The van der Waals surface area contributed by atoms with Crippen LogP contribution in [-0.2, 0) is 11.3 Å². The first-order chi connectivity index (χ1) is 12.1. The van der Waals surface area contributed by atoms with Crippen LogP contribution in [-0.4, -0.2) is 52.1 Å². The molecule has 0 bridgehead atoms. The summed E-state index contributed by atoms with van der Waals surface area (Å²) in [6.45, 7) is 0.838. The third-order valence-electron chi connectivity index (χ3n) is 4.21. The molecule has 1 saturated heterocycles.